The summed E-state index contributed by atoms with van der Waals surface area (Å²) in [5.41, 5.74) is 0. The number of primary sulfonamides is 1. The Kier molecular flexibility index (Phi) is 2.50. The molecule has 5 heteroatoms. The van der Waals surface area contributed by atoms with Crippen LogP contribution in [0.15, 0.2) is 12.3 Å². The van der Waals surface area contributed by atoms with E-state index in [1.165, 1.54) is 0 Å². The van der Waals surface area contributed by atoms with Crippen LogP contribution in [0, 0.1) is 0 Å². The Morgan fingerprint density at radius 3 is 2.25 bits per heavy atom. The first-order valence-electron chi connectivity index (χ1n) is 1.86. The third-order valence-corrected chi connectivity index (χ3v) is 1.09. The molecule has 0 saturated heterocycles. The van der Waals surface area contributed by atoms with E-state index in [4.69, 9.17) is 5.11 Å². The molecule has 0 saturated carbocycles. The lowest BCUT2D eigenvalue weighted by Gasteiger charge is -1.84. The lowest BCUT2D eigenvalue weighted by molar-refractivity contribution is 0.472. The molecule has 0 aliphatic carbocycles. The van der Waals surface area contributed by atoms with Gasteiger partial charge in [0.25, 0.3) is 0 Å². The Morgan fingerprint density at radius 2 is 2.12 bits per heavy atom. The monoisotopic (exact) mass is 137 g/mol. The molecule has 0 aromatic heterocycles. The van der Waals surface area contributed by atoms with E-state index in [2.05, 4.69) is 5.14 Å². The molecule has 0 atom stereocenters. The largest absolute Gasteiger partial charge is 0.516 e. The fourth-order valence-electron chi connectivity index (χ4n) is 0.177. The molecule has 0 rings (SSSR count). The maximum atomic E-state index is 10.0. The van der Waals surface area contributed by atoms with Crippen LogP contribution >= 0.6 is 0 Å². The second-order valence-electron chi connectivity index (χ2n) is 1.21. The minimum absolute atomic E-state index is 0.316. The van der Waals surface area contributed by atoms with Crippen molar-refractivity contribution in [2.24, 2.45) is 5.14 Å². The first-order chi connectivity index (χ1) is 3.56. The Hall–Kier alpha value is -0.550. The molecule has 0 aromatic rings. The highest BCUT2D eigenvalue weighted by Crippen LogP contribution is 1.76. The topological polar surface area (TPSA) is 80.4 Å². The van der Waals surface area contributed by atoms with Gasteiger partial charge in [0.1, 0.15) is 0 Å². The van der Waals surface area contributed by atoms with E-state index in [1.54, 1.807) is 0 Å². The Bertz CT molecular complexity index is 169. The van der Waals surface area contributed by atoms with Gasteiger partial charge in [-0.3, -0.25) is 0 Å². The van der Waals surface area contributed by atoms with E-state index in [0.717, 1.165) is 6.08 Å². The van der Waals surface area contributed by atoms with E-state index in [-0.39, 0.29) is 5.75 Å². The van der Waals surface area contributed by atoms with Crippen LogP contribution in [0.1, 0.15) is 0 Å². The lowest BCUT2D eigenvalue weighted by Crippen LogP contribution is -2.14. The second kappa shape index (κ2) is 2.68. The predicted molar refractivity (Wildman–Crippen MR) is 29.7 cm³/mol. The zero-order valence-corrected chi connectivity index (χ0v) is 4.93. The van der Waals surface area contributed by atoms with E-state index in [9.17, 15) is 8.42 Å². The molecule has 0 aliphatic heterocycles. The number of aliphatic hydroxyl groups is 1. The SMILES string of the molecule is NS(=O)(=O)CC=CO. The fourth-order valence-corrected chi connectivity index (χ4v) is 0.531. The highest BCUT2D eigenvalue weighted by atomic mass is 32.2. The number of rotatable bonds is 2. The van der Waals surface area contributed by atoms with Crippen molar-refractivity contribution in [2.45, 2.75) is 0 Å². The van der Waals surface area contributed by atoms with Crippen molar-refractivity contribution in [1.29, 1.82) is 0 Å². The first-order valence-corrected chi connectivity index (χ1v) is 3.57. The van der Waals surface area contributed by atoms with Crippen molar-refractivity contribution in [2.75, 3.05) is 5.75 Å². The first kappa shape index (κ1) is 7.45. The van der Waals surface area contributed by atoms with Crippen molar-refractivity contribution in [3.63, 3.8) is 0 Å². The molecule has 0 bridgehead atoms. The molecular formula is C3H7NO3S. The van der Waals surface area contributed by atoms with Gasteiger partial charge in [0.2, 0.25) is 10.0 Å². The summed E-state index contributed by atoms with van der Waals surface area (Å²) in [6, 6.07) is 0. The standard InChI is InChI=1S/C3H7NO3S/c4-8(6,7)3-1-2-5/h1-2,5H,3H2,(H2,4,6,7). The van der Waals surface area contributed by atoms with Crippen LogP contribution < -0.4 is 5.14 Å². The van der Waals surface area contributed by atoms with Gasteiger partial charge < -0.3 is 5.11 Å². The fraction of sp³-hybridized carbons (Fsp3) is 0.333. The Balaban J connectivity index is 3.76. The number of nitrogens with two attached hydrogens (primary N) is 1. The summed E-state index contributed by atoms with van der Waals surface area (Å²) < 4.78 is 20.0. The van der Waals surface area contributed by atoms with Gasteiger partial charge >= 0.3 is 0 Å². The molecular weight excluding hydrogens is 130 g/mol. The molecule has 0 unspecified atom stereocenters. The zero-order valence-electron chi connectivity index (χ0n) is 4.11. The smallest absolute Gasteiger partial charge is 0.212 e. The van der Waals surface area contributed by atoms with Crippen molar-refractivity contribution < 1.29 is 13.5 Å². The van der Waals surface area contributed by atoms with Gasteiger partial charge in [0, 0.05) is 0 Å². The minimum Gasteiger partial charge on any atom is -0.516 e. The van der Waals surface area contributed by atoms with Crippen LogP contribution in [-0.4, -0.2) is 19.3 Å². The summed E-state index contributed by atoms with van der Waals surface area (Å²) in [6.07, 6.45) is 1.69. The molecule has 0 radical (unpaired) electrons. The van der Waals surface area contributed by atoms with Crippen molar-refractivity contribution in [1.82, 2.24) is 0 Å². The summed E-state index contributed by atoms with van der Waals surface area (Å²) in [5, 5.41) is 12.5. The van der Waals surface area contributed by atoms with Gasteiger partial charge in [0.15, 0.2) is 0 Å². The summed E-state index contributed by atoms with van der Waals surface area (Å²) in [7, 11) is -3.43. The summed E-state index contributed by atoms with van der Waals surface area (Å²) in [4.78, 5) is 0. The number of hydrogen-bond donors (Lipinski definition) is 2. The summed E-state index contributed by atoms with van der Waals surface area (Å²) in [6.45, 7) is 0. The highest BCUT2D eigenvalue weighted by Gasteiger charge is 1.94. The van der Waals surface area contributed by atoms with Crippen LogP contribution in [0.2, 0.25) is 0 Å². The van der Waals surface area contributed by atoms with Crippen LogP contribution in [-0.2, 0) is 10.0 Å². The molecule has 0 aliphatic rings. The van der Waals surface area contributed by atoms with E-state index >= 15 is 0 Å². The van der Waals surface area contributed by atoms with Crippen molar-refractivity contribution in [3.8, 4) is 0 Å². The molecule has 0 amide bonds. The molecule has 0 spiro atoms. The molecule has 3 N–H and O–H groups in total. The van der Waals surface area contributed by atoms with E-state index in [0.29, 0.717) is 6.26 Å². The molecule has 8 heavy (non-hydrogen) atoms. The van der Waals surface area contributed by atoms with Gasteiger partial charge in [-0.05, 0) is 6.08 Å². The Labute approximate surface area is 47.7 Å². The van der Waals surface area contributed by atoms with Gasteiger partial charge in [0.05, 0.1) is 12.0 Å². The summed E-state index contributed by atoms with van der Waals surface area (Å²) >= 11 is 0. The second-order valence-corrected chi connectivity index (χ2v) is 2.87. The average molecular weight is 137 g/mol. The highest BCUT2D eigenvalue weighted by molar-refractivity contribution is 7.89. The zero-order chi connectivity index (χ0) is 6.62. The third-order valence-electron chi connectivity index (χ3n) is 0.434. The van der Waals surface area contributed by atoms with Crippen LogP contribution in [0.3, 0.4) is 0 Å². The van der Waals surface area contributed by atoms with Gasteiger partial charge in [-0.2, -0.15) is 0 Å². The predicted octanol–water partition coefficient (Wildman–Crippen LogP) is -0.653. The average Bonchev–Trinajstić information content (AvgIpc) is 1.59. The van der Waals surface area contributed by atoms with Crippen LogP contribution in [0.25, 0.3) is 0 Å². The Morgan fingerprint density at radius 1 is 1.62 bits per heavy atom. The maximum Gasteiger partial charge on any atom is 0.212 e. The van der Waals surface area contributed by atoms with E-state index < -0.39 is 10.0 Å². The van der Waals surface area contributed by atoms with Gasteiger partial charge in [-0.25, -0.2) is 13.6 Å². The number of sulfonamides is 1. The molecule has 4 nitrogen and oxygen atoms in total. The van der Waals surface area contributed by atoms with Crippen molar-refractivity contribution >= 4 is 10.0 Å². The quantitative estimate of drug-likeness (QED) is 0.496. The third kappa shape index (κ3) is 5.45. The molecule has 0 fully saturated rings. The maximum absolute atomic E-state index is 10.0. The number of hydrogen-bond acceptors (Lipinski definition) is 3. The minimum atomic E-state index is -3.43. The van der Waals surface area contributed by atoms with Gasteiger partial charge in [-0.1, -0.05) is 0 Å². The van der Waals surface area contributed by atoms with Gasteiger partial charge in [-0.15, -0.1) is 0 Å². The normalized spacial score (nSPS) is 12.6. The lowest BCUT2D eigenvalue weighted by atomic mass is 10.7. The van der Waals surface area contributed by atoms with Crippen LogP contribution in [0.4, 0.5) is 0 Å². The molecule has 0 aromatic carbocycles. The van der Waals surface area contributed by atoms with Crippen molar-refractivity contribution in [3.05, 3.63) is 12.3 Å². The molecule has 0 heterocycles. The molecule has 48 valence electrons. The van der Waals surface area contributed by atoms with E-state index in [1.807, 2.05) is 0 Å². The summed E-state index contributed by atoms with van der Waals surface area (Å²) in [5.74, 6) is -0.316. The van der Waals surface area contributed by atoms with Crippen LogP contribution in [0.5, 0.6) is 0 Å². The number of aliphatic hydroxyl groups excluding tert-OH is 1.